The van der Waals surface area contributed by atoms with Gasteiger partial charge in [0.05, 0.1) is 6.54 Å². The second kappa shape index (κ2) is 12.9. The molecule has 0 unspecified atom stereocenters. The van der Waals surface area contributed by atoms with Crippen LogP contribution in [-0.2, 0) is 19.5 Å². The molecule has 7 nitrogen and oxygen atoms in total. The molecule has 1 heterocycles. The number of nitrogens with one attached hydrogen (secondary N) is 2. The quantitative estimate of drug-likeness (QED) is 0.243. The first kappa shape index (κ1) is 24.6. The molecule has 31 heavy (non-hydrogen) atoms. The molecule has 0 radical (unpaired) electrons. The van der Waals surface area contributed by atoms with Gasteiger partial charge >= 0.3 is 0 Å². The first-order valence-electron chi connectivity index (χ1n) is 10.4. The molecule has 0 saturated heterocycles. The van der Waals surface area contributed by atoms with Crippen LogP contribution in [-0.4, -0.2) is 33.8 Å². The smallest absolute Gasteiger partial charge is 0.191 e. The standard InChI is InChI=1S/C23H30N6O.HI/c1-4-22-28-27-17-29(22)14-13-25-23(24-5-2)26-16-19-10-6-7-12-21(19)30-20-11-8-9-18(3)15-20;/h6-12,15,17H,4-5,13-14,16H2,1-3H3,(H2,24,25,26);1H. The third-order valence-corrected chi connectivity index (χ3v) is 4.60. The fraction of sp³-hybridized carbons (Fsp3) is 0.348. The molecule has 3 aromatic rings. The SMILES string of the molecule is CCNC(=NCc1ccccc1Oc1cccc(C)c1)NCCn1cnnc1CC.I. The summed E-state index contributed by atoms with van der Waals surface area (Å²) in [6.45, 7) is 9.02. The van der Waals surface area contributed by atoms with Gasteiger partial charge in [-0.15, -0.1) is 34.2 Å². The number of guanidine groups is 1. The van der Waals surface area contributed by atoms with Crippen molar-refractivity contribution >= 4 is 29.9 Å². The number of ether oxygens (including phenoxy) is 1. The normalized spacial score (nSPS) is 11.0. The summed E-state index contributed by atoms with van der Waals surface area (Å²) in [5, 5.41) is 14.8. The Morgan fingerprint density at radius 3 is 2.71 bits per heavy atom. The van der Waals surface area contributed by atoms with E-state index in [4.69, 9.17) is 9.73 Å². The van der Waals surface area contributed by atoms with Gasteiger partial charge in [-0.3, -0.25) is 0 Å². The zero-order valence-electron chi connectivity index (χ0n) is 18.3. The van der Waals surface area contributed by atoms with Crippen LogP contribution in [0.5, 0.6) is 11.5 Å². The average Bonchev–Trinajstić information content (AvgIpc) is 3.20. The Labute approximate surface area is 201 Å². The summed E-state index contributed by atoms with van der Waals surface area (Å²) in [5.74, 6) is 3.41. The lowest BCUT2D eigenvalue weighted by atomic mass is 10.2. The summed E-state index contributed by atoms with van der Waals surface area (Å²) in [6, 6.07) is 16.1. The predicted molar refractivity (Wildman–Crippen MR) is 135 cm³/mol. The minimum atomic E-state index is 0. The highest BCUT2D eigenvalue weighted by Gasteiger charge is 2.06. The van der Waals surface area contributed by atoms with Crippen molar-refractivity contribution in [2.45, 2.75) is 40.3 Å². The first-order chi connectivity index (χ1) is 14.7. The van der Waals surface area contributed by atoms with E-state index in [1.54, 1.807) is 6.33 Å². The van der Waals surface area contributed by atoms with Gasteiger partial charge in [0, 0.05) is 31.6 Å². The average molecular weight is 534 g/mol. The number of benzene rings is 2. The summed E-state index contributed by atoms with van der Waals surface area (Å²) in [4.78, 5) is 4.74. The van der Waals surface area contributed by atoms with Crippen molar-refractivity contribution in [1.82, 2.24) is 25.4 Å². The van der Waals surface area contributed by atoms with Crippen LogP contribution in [0.2, 0.25) is 0 Å². The summed E-state index contributed by atoms with van der Waals surface area (Å²) >= 11 is 0. The molecule has 0 fully saturated rings. The molecule has 3 rings (SSSR count). The van der Waals surface area contributed by atoms with Crippen LogP contribution in [0.4, 0.5) is 0 Å². The van der Waals surface area contributed by atoms with E-state index in [0.717, 1.165) is 54.9 Å². The molecular formula is C23H31IN6O. The van der Waals surface area contributed by atoms with Crippen molar-refractivity contribution in [2.24, 2.45) is 4.99 Å². The molecule has 0 atom stereocenters. The van der Waals surface area contributed by atoms with E-state index in [9.17, 15) is 0 Å². The number of para-hydroxylation sites is 1. The highest BCUT2D eigenvalue weighted by Crippen LogP contribution is 2.26. The van der Waals surface area contributed by atoms with Gasteiger partial charge in [-0.2, -0.15) is 0 Å². The Morgan fingerprint density at radius 1 is 1.10 bits per heavy atom. The Morgan fingerprint density at radius 2 is 1.94 bits per heavy atom. The van der Waals surface area contributed by atoms with Gasteiger partial charge in [0.2, 0.25) is 0 Å². The molecule has 0 aliphatic rings. The van der Waals surface area contributed by atoms with Crippen LogP contribution in [0.15, 0.2) is 59.9 Å². The fourth-order valence-corrected chi connectivity index (χ4v) is 3.08. The minimum Gasteiger partial charge on any atom is -0.457 e. The maximum Gasteiger partial charge on any atom is 0.191 e. The number of aryl methyl sites for hydroxylation is 2. The zero-order valence-corrected chi connectivity index (χ0v) is 20.7. The lowest BCUT2D eigenvalue weighted by molar-refractivity contribution is 0.476. The van der Waals surface area contributed by atoms with Gasteiger partial charge in [0.25, 0.3) is 0 Å². The first-order valence-corrected chi connectivity index (χ1v) is 10.4. The van der Waals surface area contributed by atoms with Crippen LogP contribution in [0.25, 0.3) is 0 Å². The summed E-state index contributed by atoms with van der Waals surface area (Å²) < 4.78 is 8.17. The number of hydrogen-bond acceptors (Lipinski definition) is 4. The Bertz CT molecular complexity index is 972. The molecule has 2 N–H and O–H groups in total. The van der Waals surface area contributed by atoms with E-state index >= 15 is 0 Å². The number of halogens is 1. The molecule has 166 valence electrons. The molecule has 0 amide bonds. The third-order valence-electron chi connectivity index (χ3n) is 4.60. The second-order valence-corrected chi connectivity index (χ2v) is 6.94. The van der Waals surface area contributed by atoms with Gasteiger partial charge in [0.1, 0.15) is 23.7 Å². The van der Waals surface area contributed by atoms with E-state index in [0.29, 0.717) is 6.54 Å². The largest absolute Gasteiger partial charge is 0.457 e. The van der Waals surface area contributed by atoms with Gasteiger partial charge in [-0.05, 0) is 37.6 Å². The topological polar surface area (TPSA) is 76.4 Å². The van der Waals surface area contributed by atoms with Crippen molar-refractivity contribution in [3.63, 3.8) is 0 Å². The van der Waals surface area contributed by atoms with E-state index in [2.05, 4.69) is 52.2 Å². The lowest BCUT2D eigenvalue weighted by Crippen LogP contribution is -2.38. The van der Waals surface area contributed by atoms with E-state index in [1.165, 1.54) is 5.56 Å². The molecule has 0 spiro atoms. The van der Waals surface area contributed by atoms with Crippen LogP contribution >= 0.6 is 24.0 Å². The van der Waals surface area contributed by atoms with Gasteiger partial charge in [-0.1, -0.05) is 37.3 Å². The van der Waals surface area contributed by atoms with Crippen LogP contribution in [0.3, 0.4) is 0 Å². The Kier molecular flexibility index (Phi) is 10.3. The van der Waals surface area contributed by atoms with Gasteiger partial charge in [0.15, 0.2) is 5.96 Å². The van der Waals surface area contributed by atoms with E-state index < -0.39 is 0 Å². The minimum absolute atomic E-state index is 0. The van der Waals surface area contributed by atoms with E-state index in [1.807, 2.05) is 42.5 Å². The molecule has 0 aliphatic heterocycles. The van der Waals surface area contributed by atoms with Crippen LogP contribution in [0, 0.1) is 6.92 Å². The van der Waals surface area contributed by atoms with E-state index in [-0.39, 0.29) is 24.0 Å². The fourth-order valence-electron chi connectivity index (χ4n) is 3.08. The number of aromatic nitrogens is 3. The number of aliphatic imine (C=N–C) groups is 1. The predicted octanol–water partition coefficient (Wildman–Crippen LogP) is 4.31. The van der Waals surface area contributed by atoms with Crippen molar-refractivity contribution < 1.29 is 4.74 Å². The number of hydrogen-bond donors (Lipinski definition) is 2. The number of nitrogens with zero attached hydrogens (tertiary/aromatic N) is 4. The van der Waals surface area contributed by atoms with Crippen molar-refractivity contribution in [2.75, 3.05) is 13.1 Å². The summed E-state index contributed by atoms with van der Waals surface area (Å²) in [7, 11) is 0. The van der Waals surface area contributed by atoms with Crippen LogP contribution < -0.4 is 15.4 Å². The molecule has 0 aliphatic carbocycles. The number of rotatable bonds is 9. The zero-order chi connectivity index (χ0) is 21.2. The maximum atomic E-state index is 6.11. The van der Waals surface area contributed by atoms with Crippen molar-refractivity contribution in [3.8, 4) is 11.5 Å². The van der Waals surface area contributed by atoms with Gasteiger partial charge < -0.3 is 19.9 Å². The van der Waals surface area contributed by atoms with Crippen molar-refractivity contribution in [1.29, 1.82) is 0 Å². The Balaban J connectivity index is 0.00000341. The van der Waals surface area contributed by atoms with Gasteiger partial charge in [-0.25, -0.2) is 4.99 Å². The second-order valence-electron chi connectivity index (χ2n) is 6.94. The Hall–Kier alpha value is -2.62. The summed E-state index contributed by atoms with van der Waals surface area (Å²) in [5.41, 5.74) is 2.20. The molecule has 0 saturated carbocycles. The highest BCUT2D eigenvalue weighted by atomic mass is 127. The monoisotopic (exact) mass is 534 g/mol. The third kappa shape index (κ3) is 7.54. The molecule has 1 aromatic heterocycles. The summed E-state index contributed by atoms with van der Waals surface area (Å²) in [6.07, 6.45) is 2.63. The molecule has 8 heteroatoms. The van der Waals surface area contributed by atoms with Crippen molar-refractivity contribution in [3.05, 3.63) is 71.8 Å². The highest BCUT2D eigenvalue weighted by molar-refractivity contribution is 14.0. The lowest BCUT2D eigenvalue weighted by Gasteiger charge is -2.13. The molecule has 0 bridgehead atoms. The molecular weight excluding hydrogens is 503 g/mol. The van der Waals surface area contributed by atoms with Crippen LogP contribution in [0.1, 0.15) is 30.8 Å². The maximum absolute atomic E-state index is 6.11. The molecule has 2 aromatic carbocycles.